The lowest BCUT2D eigenvalue weighted by molar-refractivity contribution is -0.112. The summed E-state index contributed by atoms with van der Waals surface area (Å²) in [7, 11) is 0. The maximum atomic E-state index is 12.7. The number of thiophene rings is 1. The molecule has 3 N–H and O–H groups in total. The SMILES string of the molecule is CC[C@@H]1CCc2c(sc(NC(=O)C3=CCCC3)c2-c2nc(C3CC3)no2)C1.O=C(O)O. The van der Waals surface area contributed by atoms with Gasteiger partial charge in [-0.3, -0.25) is 4.79 Å². The van der Waals surface area contributed by atoms with E-state index in [1.807, 2.05) is 0 Å². The van der Waals surface area contributed by atoms with Crippen molar-refractivity contribution in [2.45, 2.75) is 70.6 Å². The highest BCUT2D eigenvalue weighted by atomic mass is 32.1. The smallest absolute Gasteiger partial charge is 0.450 e. The van der Waals surface area contributed by atoms with E-state index in [1.54, 1.807) is 11.3 Å². The first-order valence-electron chi connectivity index (χ1n) is 10.9. The van der Waals surface area contributed by atoms with Gasteiger partial charge in [-0.2, -0.15) is 4.98 Å². The lowest BCUT2D eigenvalue weighted by Gasteiger charge is -2.20. The van der Waals surface area contributed by atoms with Crippen LogP contribution in [0.4, 0.5) is 9.80 Å². The fourth-order valence-corrected chi connectivity index (χ4v) is 5.57. The van der Waals surface area contributed by atoms with Crippen LogP contribution in [0.2, 0.25) is 0 Å². The molecule has 31 heavy (non-hydrogen) atoms. The van der Waals surface area contributed by atoms with Gasteiger partial charge in [-0.25, -0.2) is 4.79 Å². The molecular formula is C22H27N3O5S. The number of aromatic nitrogens is 2. The molecule has 0 radical (unpaired) electrons. The third-order valence-corrected chi connectivity index (χ3v) is 7.27. The van der Waals surface area contributed by atoms with Crippen molar-refractivity contribution in [1.82, 2.24) is 10.1 Å². The van der Waals surface area contributed by atoms with E-state index in [9.17, 15) is 4.79 Å². The molecule has 2 aromatic heterocycles. The highest BCUT2D eigenvalue weighted by Crippen LogP contribution is 2.46. The monoisotopic (exact) mass is 445 g/mol. The molecule has 0 aromatic carbocycles. The summed E-state index contributed by atoms with van der Waals surface area (Å²) < 4.78 is 5.66. The van der Waals surface area contributed by atoms with Gasteiger partial charge in [0, 0.05) is 16.4 Å². The molecule has 1 saturated carbocycles. The summed E-state index contributed by atoms with van der Waals surface area (Å²) in [5.74, 6) is 2.63. The van der Waals surface area contributed by atoms with E-state index < -0.39 is 6.16 Å². The number of rotatable bonds is 5. The second-order valence-corrected chi connectivity index (χ2v) is 9.42. The van der Waals surface area contributed by atoms with Gasteiger partial charge in [0.15, 0.2) is 5.82 Å². The third-order valence-electron chi connectivity index (χ3n) is 6.10. The van der Waals surface area contributed by atoms with Crippen molar-refractivity contribution in [1.29, 1.82) is 0 Å². The van der Waals surface area contributed by atoms with Gasteiger partial charge >= 0.3 is 6.16 Å². The average Bonchev–Trinajstić information content (AvgIpc) is 3.14. The van der Waals surface area contributed by atoms with Crippen LogP contribution in [0.3, 0.4) is 0 Å². The number of anilines is 1. The first-order valence-corrected chi connectivity index (χ1v) is 11.7. The molecule has 3 aliphatic carbocycles. The molecule has 0 unspecified atom stereocenters. The Hall–Kier alpha value is -2.68. The van der Waals surface area contributed by atoms with Gasteiger partial charge in [0.2, 0.25) is 0 Å². The van der Waals surface area contributed by atoms with Gasteiger partial charge in [-0.05, 0) is 62.8 Å². The molecule has 5 rings (SSSR count). The van der Waals surface area contributed by atoms with E-state index >= 15 is 0 Å². The van der Waals surface area contributed by atoms with Gasteiger partial charge in [0.1, 0.15) is 5.00 Å². The van der Waals surface area contributed by atoms with Crippen molar-refractivity contribution in [2.75, 3.05) is 5.32 Å². The minimum absolute atomic E-state index is 0.0290. The maximum absolute atomic E-state index is 12.7. The third kappa shape index (κ3) is 4.98. The Morgan fingerprint density at radius 3 is 2.68 bits per heavy atom. The Bertz CT molecular complexity index is 1000. The van der Waals surface area contributed by atoms with Crippen LogP contribution in [-0.4, -0.2) is 32.4 Å². The normalized spacial score (nSPS) is 19.8. The zero-order valence-electron chi connectivity index (χ0n) is 17.5. The van der Waals surface area contributed by atoms with Gasteiger partial charge in [-0.15, -0.1) is 11.3 Å². The van der Waals surface area contributed by atoms with Crippen LogP contribution >= 0.6 is 11.3 Å². The first-order chi connectivity index (χ1) is 15.0. The lowest BCUT2D eigenvalue weighted by atomic mass is 9.85. The number of hydrogen-bond acceptors (Lipinski definition) is 6. The van der Waals surface area contributed by atoms with E-state index in [1.165, 1.54) is 23.3 Å². The Morgan fingerprint density at radius 2 is 2.03 bits per heavy atom. The summed E-state index contributed by atoms with van der Waals surface area (Å²) >= 11 is 1.71. The van der Waals surface area contributed by atoms with E-state index in [-0.39, 0.29) is 5.91 Å². The van der Waals surface area contributed by atoms with Crippen LogP contribution in [0, 0.1) is 5.92 Å². The number of carbonyl (C=O) groups is 2. The number of nitrogens with one attached hydrogen (secondary N) is 1. The van der Waals surface area contributed by atoms with Crippen LogP contribution in [0.15, 0.2) is 16.2 Å². The quantitative estimate of drug-likeness (QED) is 0.558. The molecule has 1 fully saturated rings. The average molecular weight is 446 g/mol. The number of hydrogen-bond donors (Lipinski definition) is 3. The molecule has 166 valence electrons. The summed E-state index contributed by atoms with van der Waals surface area (Å²) in [5, 5.41) is 22.2. The largest absolute Gasteiger partial charge is 0.503 e. The number of fused-ring (bicyclic) bond motifs is 1. The molecule has 1 amide bonds. The highest BCUT2D eigenvalue weighted by molar-refractivity contribution is 7.17. The molecule has 2 heterocycles. The maximum Gasteiger partial charge on any atom is 0.503 e. The summed E-state index contributed by atoms with van der Waals surface area (Å²) in [6.45, 7) is 2.26. The fourth-order valence-electron chi connectivity index (χ4n) is 4.22. The fraction of sp³-hybridized carbons (Fsp3) is 0.545. The summed E-state index contributed by atoms with van der Waals surface area (Å²) in [6, 6.07) is 0. The minimum atomic E-state index is -1.83. The number of carbonyl (C=O) groups excluding carboxylic acids is 1. The Balaban J connectivity index is 0.000000535. The number of carboxylic acid groups (broad SMARTS) is 2. The lowest BCUT2D eigenvalue weighted by Crippen LogP contribution is -2.13. The standard InChI is InChI=1S/C21H25N3O2S.CH2O3/c1-2-12-7-10-15-16(11-12)27-21(23-19(25)14-5-3-4-6-14)17(15)20-22-18(24-26-20)13-8-9-13;2-1(3)4/h5,12-13H,2-4,6-11H2,1H3,(H,23,25);(H2,2,3,4)/t12-;/m1./s1. The predicted molar refractivity (Wildman–Crippen MR) is 117 cm³/mol. The molecule has 3 aliphatic rings. The Kier molecular flexibility index (Phi) is 6.41. The van der Waals surface area contributed by atoms with Gasteiger partial charge in [-0.1, -0.05) is 24.6 Å². The Morgan fingerprint density at radius 1 is 1.26 bits per heavy atom. The minimum Gasteiger partial charge on any atom is -0.450 e. The summed E-state index contributed by atoms with van der Waals surface area (Å²) in [6.07, 6.45) is 9.98. The zero-order valence-corrected chi connectivity index (χ0v) is 18.3. The molecule has 1 atom stereocenters. The highest BCUT2D eigenvalue weighted by Gasteiger charge is 2.33. The van der Waals surface area contributed by atoms with Crippen molar-refractivity contribution >= 4 is 28.4 Å². The molecule has 8 nitrogen and oxygen atoms in total. The van der Waals surface area contributed by atoms with Crippen LogP contribution in [0.5, 0.6) is 0 Å². The van der Waals surface area contributed by atoms with Crippen LogP contribution < -0.4 is 5.32 Å². The molecule has 0 aliphatic heterocycles. The van der Waals surface area contributed by atoms with E-state index in [0.29, 0.717) is 11.8 Å². The molecule has 0 bridgehead atoms. The molecule has 2 aromatic rings. The van der Waals surface area contributed by atoms with Gasteiger partial charge in [0.05, 0.1) is 5.56 Å². The van der Waals surface area contributed by atoms with Crippen molar-refractivity contribution < 1.29 is 24.3 Å². The van der Waals surface area contributed by atoms with E-state index in [0.717, 1.165) is 72.8 Å². The van der Waals surface area contributed by atoms with Gasteiger partial charge < -0.3 is 20.1 Å². The van der Waals surface area contributed by atoms with Crippen molar-refractivity contribution in [3.05, 3.63) is 27.9 Å². The van der Waals surface area contributed by atoms with Crippen LogP contribution in [0.1, 0.15) is 74.1 Å². The van der Waals surface area contributed by atoms with E-state index in [2.05, 4.69) is 23.5 Å². The molecule has 9 heteroatoms. The number of allylic oxidation sites excluding steroid dienone is 1. The molecular weight excluding hydrogens is 418 g/mol. The zero-order chi connectivity index (χ0) is 22.0. The second kappa shape index (κ2) is 9.21. The predicted octanol–water partition coefficient (Wildman–Crippen LogP) is 5.46. The number of nitrogens with zero attached hydrogens (tertiary/aromatic N) is 2. The van der Waals surface area contributed by atoms with E-state index in [4.69, 9.17) is 24.5 Å². The summed E-state index contributed by atoms with van der Waals surface area (Å²) in [5.41, 5.74) is 3.20. The van der Waals surface area contributed by atoms with Crippen molar-refractivity contribution in [3.63, 3.8) is 0 Å². The Labute approximate surface area is 184 Å². The van der Waals surface area contributed by atoms with Crippen LogP contribution in [0.25, 0.3) is 11.5 Å². The van der Waals surface area contributed by atoms with Crippen molar-refractivity contribution in [3.8, 4) is 11.5 Å². The topological polar surface area (TPSA) is 126 Å². The van der Waals surface area contributed by atoms with Gasteiger partial charge in [0.25, 0.3) is 11.8 Å². The number of amides is 1. The summed E-state index contributed by atoms with van der Waals surface area (Å²) in [4.78, 5) is 27.3. The molecule has 0 spiro atoms. The molecule has 0 saturated heterocycles. The van der Waals surface area contributed by atoms with Crippen molar-refractivity contribution in [2.24, 2.45) is 5.92 Å². The first kappa shape index (κ1) is 21.5. The second-order valence-electron chi connectivity index (χ2n) is 8.32. The van der Waals surface area contributed by atoms with Crippen LogP contribution in [-0.2, 0) is 17.6 Å².